The molecule has 0 fully saturated rings. The first-order chi connectivity index (χ1) is 12.6. The summed E-state index contributed by atoms with van der Waals surface area (Å²) in [6.07, 6.45) is 5.05. The fourth-order valence-electron chi connectivity index (χ4n) is 3.67. The Bertz CT molecular complexity index is 812. The largest absolute Gasteiger partial charge is 0.497 e. The summed E-state index contributed by atoms with van der Waals surface area (Å²) in [7, 11) is 1.66. The van der Waals surface area contributed by atoms with Gasteiger partial charge in [-0.3, -0.25) is 0 Å². The molecule has 0 heterocycles. The van der Waals surface area contributed by atoms with Gasteiger partial charge in [0.25, 0.3) is 0 Å². The normalized spacial score (nSPS) is 14.2. The van der Waals surface area contributed by atoms with Crippen LogP contribution in [0.5, 0.6) is 5.75 Å². The van der Waals surface area contributed by atoms with E-state index < -0.39 is 11.6 Å². The fraction of sp³-hybridized carbons (Fsp3) is 0.364. The number of rotatable bonds is 6. The van der Waals surface area contributed by atoms with E-state index in [-0.39, 0.29) is 6.61 Å². The Labute approximate surface area is 153 Å². The number of methoxy groups -OCH3 is 1. The number of aryl methyl sites for hydroxylation is 1. The van der Waals surface area contributed by atoms with E-state index in [0.717, 1.165) is 61.0 Å². The Morgan fingerprint density at radius 2 is 1.85 bits per heavy atom. The number of benzene rings is 2. The molecule has 0 saturated carbocycles. The fourth-order valence-corrected chi connectivity index (χ4v) is 3.67. The van der Waals surface area contributed by atoms with Crippen molar-refractivity contribution < 1.29 is 18.6 Å². The molecule has 138 valence electrons. The average Bonchev–Trinajstić information content (AvgIpc) is 2.83. The molecule has 2 aromatic carbocycles. The molecule has 0 saturated heterocycles. The van der Waals surface area contributed by atoms with Gasteiger partial charge >= 0.3 is 0 Å². The van der Waals surface area contributed by atoms with E-state index in [9.17, 15) is 8.78 Å². The lowest BCUT2D eigenvalue weighted by atomic mass is 9.89. The molecule has 0 radical (unpaired) electrons. The molecular weight excluding hydrogens is 334 g/mol. The second-order valence-corrected chi connectivity index (χ2v) is 6.64. The zero-order valence-corrected chi connectivity index (χ0v) is 15.0. The molecule has 1 aliphatic carbocycles. The topological polar surface area (TPSA) is 29.5 Å². The minimum absolute atomic E-state index is 0.156. The van der Waals surface area contributed by atoms with Crippen molar-refractivity contribution >= 4 is 11.1 Å². The lowest BCUT2D eigenvalue weighted by molar-refractivity contribution is 0.285. The van der Waals surface area contributed by atoms with Crippen molar-refractivity contribution in [2.45, 2.75) is 38.5 Å². The van der Waals surface area contributed by atoms with Crippen LogP contribution in [-0.4, -0.2) is 18.8 Å². The van der Waals surface area contributed by atoms with Crippen molar-refractivity contribution in [3.63, 3.8) is 0 Å². The van der Waals surface area contributed by atoms with Gasteiger partial charge in [-0.05, 0) is 90.6 Å². The minimum Gasteiger partial charge on any atom is -0.497 e. The van der Waals surface area contributed by atoms with Crippen LogP contribution in [0.2, 0.25) is 0 Å². The van der Waals surface area contributed by atoms with E-state index in [0.29, 0.717) is 0 Å². The highest BCUT2D eigenvalue weighted by molar-refractivity contribution is 5.92. The highest BCUT2D eigenvalue weighted by Crippen LogP contribution is 2.39. The summed E-state index contributed by atoms with van der Waals surface area (Å²) in [5.41, 5.74) is 5.36. The van der Waals surface area contributed by atoms with Gasteiger partial charge in [-0.1, -0.05) is 12.1 Å². The molecule has 1 N–H and O–H groups in total. The van der Waals surface area contributed by atoms with Crippen molar-refractivity contribution in [3.05, 3.63) is 64.7 Å². The molecule has 2 nitrogen and oxygen atoms in total. The van der Waals surface area contributed by atoms with Crippen molar-refractivity contribution in [3.8, 4) is 5.75 Å². The number of aliphatic hydroxyl groups is 1. The van der Waals surface area contributed by atoms with Crippen molar-refractivity contribution in [1.29, 1.82) is 0 Å². The molecule has 0 unspecified atom stereocenters. The van der Waals surface area contributed by atoms with Crippen LogP contribution < -0.4 is 4.74 Å². The summed E-state index contributed by atoms with van der Waals surface area (Å²) in [5.74, 6) is -0.811. The first-order valence-corrected chi connectivity index (χ1v) is 9.09. The van der Waals surface area contributed by atoms with Gasteiger partial charge in [0.15, 0.2) is 11.6 Å². The molecule has 2 aromatic rings. The Kier molecular flexibility index (Phi) is 6.04. The van der Waals surface area contributed by atoms with Crippen LogP contribution in [0, 0.1) is 11.6 Å². The number of unbranched alkanes of at least 4 members (excludes halogenated alkanes) is 1. The van der Waals surface area contributed by atoms with Gasteiger partial charge in [-0.15, -0.1) is 0 Å². The molecule has 0 atom stereocenters. The van der Waals surface area contributed by atoms with Gasteiger partial charge in [0.05, 0.1) is 7.11 Å². The minimum atomic E-state index is -0.824. The predicted molar refractivity (Wildman–Crippen MR) is 100 cm³/mol. The lowest BCUT2D eigenvalue weighted by Gasteiger charge is -2.17. The first-order valence-electron chi connectivity index (χ1n) is 9.09. The van der Waals surface area contributed by atoms with Gasteiger partial charge < -0.3 is 9.84 Å². The molecule has 0 amide bonds. The number of aliphatic hydroxyl groups excluding tert-OH is 1. The summed E-state index contributed by atoms with van der Waals surface area (Å²) in [5, 5.41) is 9.14. The molecule has 4 heteroatoms. The van der Waals surface area contributed by atoms with Crippen LogP contribution in [0.4, 0.5) is 8.78 Å². The first kappa shape index (κ1) is 18.6. The van der Waals surface area contributed by atoms with Crippen LogP contribution in [0.15, 0.2) is 36.4 Å². The number of hydrogen-bond donors (Lipinski definition) is 1. The third kappa shape index (κ3) is 3.96. The average molecular weight is 358 g/mol. The molecule has 0 spiro atoms. The van der Waals surface area contributed by atoms with Crippen LogP contribution in [0.1, 0.15) is 48.8 Å². The second-order valence-electron chi connectivity index (χ2n) is 6.64. The Morgan fingerprint density at radius 3 is 2.58 bits per heavy atom. The highest BCUT2D eigenvalue weighted by Gasteiger charge is 2.19. The lowest BCUT2D eigenvalue weighted by Crippen LogP contribution is -1.97. The van der Waals surface area contributed by atoms with E-state index >= 15 is 0 Å². The monoisotopic (exact) mass is 358 g/mol. The van der Waals surface area contributed by atoms with Gasteiger partial charge in [-0.25, -0.2) is 8.78 Å². The van der Waals surface area contributed by atoms with Crippen molar-refractivity contribution in [2.75, 3.05) is 13.7 Å². The van der Waals surface area contributed by atoms with E-state index in [1.165, 1.54) is 23.3 Å². The maximum absolute atomic E-state index is 13.8. The third-order valence-electron chi connectivity index (χ3n) is 4.98. The Morgan fingerprint density at radius 1 is 1.00 bits per heavy atom. The maximum Gasteiger partial charge on any atom is 0.159 e. The van der Waals surface area contributed by atoms with Gasteiger partial charge in [0, 0.05) is 6.61 Å². The van der Waals surface area contributed by atoms with E-state index in [1.54, 1.807) is 13.2 Å². The summed E-state index contributed by atoms with van der Waals surface area (Å²) < 4.78 is 32.6. The summed E-state index contributed by atoms with van der Waals surface area (Å²) in [6.45, 7) is 0.156. The van der Waals surface area contributed by atoms with Crippen LogP contribution in [-0.2, 0) is 6.42 Å². The molecule has 0 aromatic heterocycles. The maximum atomic E-state index is 13.8. The zero-order chi connectivity index (χ0) is 18.5. The number of fused-ring (bicyclic) bond motifs is 1. The zero-order valence-electron chi connectivity index (χ0n) is 15.0. The number of hydrogen-bond acceptors (Lipinski definition) is 2. The molecule has 1 aliphatic rings. The number of ether oxygens (including phenoxy) is 1. The SMILES string of the molecule is COc1ccc2c(c1)CCCC(c1ccc(F)c(F)c1)=C2CCCCO. The summed E-state index contributed by atoms with van der Waals surface area (Å²) >= 11 is 0. The van der Waals surface area contributed by atoms with E-state index in [2.05, 4.69) is 12.1 Å². The van der Waals surface area contributed by atoms with Crippen LogP contribution in [0.25, 0.3) is 11.1 Å². The third-order valence-corrected chi connectivity index (χ3v) is 4.98. The molecule has 26 heavy (non-hydrogen) atoms. The molecule has 0 aliphatic heterocycles. The van der Waals surface area contributed by atoms with E-state index in [1.807, 2.05) is 6.07 Å². The molecular formula is C22H24F2O2. The van der Waals surface area contributed by atoms with E-state index in [4.69, 9.17) is 9.84 Å². The number of allylic oxidation sites excluding steroid dienone is 2. The van der Waals surface area contributed by atoms with Crippen LogP contribution >= 0.6 is 0 Å². The van der Waals surface area contributed by atoms with Crippen molar-refractivity contribution in [1.82, 2.24) is 0 Å². The summed E-state index contributed by atoms with van der Waals surface area (Å²) in [6, 6.07) is 10.2. The molecule has 0 bridgehead atoms. The van der Waals surface area contributed by atoms with Gasteiger partial charge in [0.2, 0.25) is 0 Å². The second kappa shape index (κ2) is 8.45. The van der Waals surface area contributed by atoms with Gasteiger partial charge in [0.1, 0.15) is 5.75 Å². The van der Waals surface area contributed by atoms with Gasteiger partial charge in [-0.2, -0.15) is 0 Å². The quantitative estimate of drug-likeness (QED) is 0.702. The Hall–Kier alpha value is -2.20. The summed E-state index contributed by atoms with van der Waals surface area (Å²) in [4.78, 5) is 0. The van der Waals surface area contributed by atoms with Crippen LogP contribution in [0.3, 0.4) is 0 Å². The Balaban J connectivity index is 2.11. The molecule has 3 rings (SSSR count). The standard InChI is InChI=1S/C22H24F2O2/c1-26-17-9-10-19-15(13-17)5-4-7-18(20(19)6-2-3-12-25)16-8-11-21(23)22(24)14-16/h8-11,13-14,25H,2-7,12H2,1H3. The number of halogens is 2. The smallest absolute Gasteiger partial charge is 0.159 e. The highest BCUT2D eigenvalue weighted by atomic mass is 19.2. The van der Waals surface area contributed by atoms with Crippen molar-refractivity contribution in [2.24, 2.45) is 0 Å². The predicted octanol–water partition coefficient (Wildman–Crippen LogP) is 5.38.